The second kappa shape index (κ2) is 34.7. The third-order valence-electron chi connectivity index (χ3n) is 7.99. The fourth-order valence-electron chi connectivity index (χ4n) is 5.47. The van der Waals surface area contributed by atoms with Crippen LogP contribution in [-0.4, -0.2) is 4.43 Å². The molecule has 0 spiro atoms. The van der Waals surface area contributed by atoms with Gasteiger partial charge in [-0.1, -0.05) is 229 Å². The third-order valence-corrected chi connectivity index (χ3v) is 8.75. The maximum absolute atomic E-state index is 2.50. The highest BCUT2D eigenvalue weighted by molar-refractivity contribution is 14.1. The van der Waals surface area contributed by atoms with Crippen molar-refractivity contribution < 1.29 is 0 Å². The van der Waals surface area contributed by atoms with E-state index in [0.29, 0.717) is 0 Å². The van der Waals surface area contributed by atoms with Gasteiger partial charge in [0.1, 0.15) is 0 Å². The Bertz CT molecular complexity index is 307. The van der Waals surface area contributed by atoms with E-state index in [9.17, 15) is 0 Å². The van der Waals surface area contributed by atoms with E-state index in [1.54, 1.807) is 0 Å². The Morgan fingerprint density at radius 3 is 0.514 bits per heavy atom. The van der Waals surface area contributed by atoms with Crippen LogP contribution >= 0.6 is 22.6 Å². The van der Waals surface area contributed by atoms with Crippen molar-refractivity contribution in [1.82, 2.24) is 0 Å². The van der Waals surface area contributed by atoms with Crippen molar-refractivity contribution in [3.8, 4) is 0 Å². The van der Waals surface area contributed by atoms with Crippen LogP contribution in [0.5, 0.6) is 0 Å². The van der Waals surface area contributed by atoms with Crippen molar-refractivity contribution in [2.45, 2.75) is 212 Å². The summed E-state index contributed by atoms with van der Waals surface area (Å²) in [6.07, 6.45) is 47.5. The van der Waals surface area contributed by atoms with Gasteiger partial charge in [-0.2, -0.15) is 0 Å². The van der Waals surface area contributed by atoms with E-state index in [1.165, 1.54) is 210 Å². The molecule has 0 atom stereocenters. The molecule has 0 radical (unpaired) electrons. The molecule has 0 N–H and O–H groups in total. The smallest absolute Gasteiger partial charge is 0.000473 e. The first-order chi connectivity index (χ1) is 17.4. The molecule has 0 unspecified atom stereocenters. The summed E-state index contributed by atoms with van der Waals surface area (Å²) in [4.78, 5) is 0. The lowest BCUT2D eigenvalue weighted by molar-refractivity contribution is 0.512. The first-order valence-electron chi connectivity index (χ1n) is 17.0. The van der Waals surface area contributed by atoms with Gasteiger partial charge >= 0.3 is 0 Å². The summed E-state index contributed by atoms with van der Waals surface area (Å²) in [5, 5.41) is 0. The van der Waals surface area contributed by atoms with Gasteiger partial charge in [-0.05, 0) is 10.8 Å². The first-order valence-corrected chi connectivity index (χ1v) is 18.5. The van der Waals surface area contributed by atoms with Crippen LogP contribution in [0, 0.1) is 0 Å². The summed E-state index contributed by atoms with van der Waals surface area (Å²) >= 11 is 2.50. The Labute approximate surface area is 238 Å². The number of unbranched alkanes of at least 4 members (excludes halogenated alkanes) is 31. The van der Waals surface area contributed by atoms with E-state index in [-0.39, 0.29) is 0 Å². The number of hydrogen-bond donors (Lipinski definition) is 0. The molecule has 0 aliphatic rings. The second-order valence-electron chi connectivity index (χ2n) is 11.6. The maximum atomic E-state index is 2.50. The van der Waals surface area contributed by atoms with Gasteiger partial charge in [0.2, 0.25) is 0 Å². The van der Waals surface area contributed by atoms with Crippen molar-refractivity contribution in [2.75, 3.05) is 4.43 Å². The summed E-state index contributed by atoms with van der Waals surface area (Å²) in [7, 11) is 0. The molecule has 0 rings (SSSR count). The molecule has 0 aliphatic heterocycles. The van der Waals surface area contributed by atoms with Gasteiger partial charge in [0.05, 0.1) is 0 Å². The van der Waals surface area contributed by atoms with Gasteiger partial charge in [-0.15, -0.1) is 0 Å². The fraction of sp³-hybridized carbons (Fsp3) is 1.00. The van der Waals surface area contributed by atoms with Crippen LogP contribution in [0.25, 0.3) is 0 Å². The van der Waals surface area contributed by atoms with Gasteiger partial charge in [0.15, 0.2) is 0 Å². The Kier molecular flexibility index (Phi) is 35.5. The monoisotopic (exact) mass is 604 g/mol. The molecule has 0 aromatic heterocycles. The van der Waals surface area contributed by atoms with E-state index in [1.807, 2.05) is 0 Å². The predicted molar refractivity (Wildman–Crippen MR) is 172 cm³/mol. The highest BCUT2D eigenvalue weighted by Gasteiger charge is 1.97. The molecule has 35 heavy (non-hydrogen) atoms. The molecule has 0 aliphatic carbocycles. The Morgan fingerprint density at radius 1 is 0.229 bits per heavy atom. The lowest BCUT2D eigenvalue weighted by Gasteiger charge is -2.04. The maximum Gasteiger partial charge on any atom is -0.000473 e. The zero-order valence-corrected chi connectivity index (χ0v) is 26.9. The van der Waals surface area contributed by atoms with Crippen LogP contribution in [0.3, 0.4) is 0 Å². The number of rotatable bonds is 32. The predicted octanol–water partition coefficient (Wildman–Crippen LogP) is 13.9. The summed E-state index contributed by atoms with van der Waals surface area (Å²) in [5.74, 6) is 0. The lowest BCUT2D eigenvalue weighted by Crippen LogP contribution is -1.85. The summed E-state index contributed by atoms with van der Waals surface area (Å²) in [5.41, 5.74) is 0. The normalized spacial score (nSPS) is 11.5. The van der Waals surface area contributed by atoms with Crippen LogP contribution in [-0.2, 0) is 0 Å². The van der Waals surface area contributed by atoms with E-state index >= 15 is 0 Å². The van der Waals surface area contributed by atoms with Crippen molar-refractivity contribution >= 4 is 22.6 Å². The van der Waals surface area contributed by atoms with Gasteiger partial charge in [-0.3, -0.25) is 0 Å². The second-order valence-corrected chi connectivity index (χ2v) is 12.7. The molecular formula is C34H69I. The largest absolute Gasteiger partial charge is 0.0864 e. The van der Waals surface area contributed by atoms with Gasteiger partial charge in [-0.25, -0.2) is 0 Å². The summed E-state index contributed by atoms with van der Waals surface area (Å²) < 4.78 is 1.34. The van der Waals surface area contributed by atoms with E-state index in [4.69, 9.17) is 0 Å². The van der Waals surface area contributed by atoms with E-state index in [2.05, 4.69) is 29.5 Å². The van der Waals surface area contributed by atoms with Crippen LogP contribution < -0.4 is 0 Å². The van der Waals surface area contributed by atoms with Crippen LogP contribution in [0.1, 0.15) is 212 Å². The average Bonchev–Trinajstić information content (AvgIpc) is 2.87. The fourth-order valence-corrected chi connectivity index (χ4v) is 6.01. The highest BCUT2D eigenvalue weighted by atomic mass is 127. The van der Waals surface area contributed by atoms with Crippen molar-refractivity contribution in [3.63, 3.8) is 0 Å². The average molecular weight is 605 g/mol. The standard InChI is InChI=1S/C34H69I/c1-2-3-4-5-6-7-8-9-10-11-12-13-14-15-16-17-18-19-20-21-22-23-24-25-26-27-28-29-30-31-32-33-34-35/h2-34H2,1H3. The number of alkyl halides is 1. The van der Waals surface area contributed by atoms with E-state index in [0.717, 1.165) is 0 Å². The number of halogens is 1. The Balaban J connectivity index is 3.00. The zero-order chi connectivity index (χ0) is 25.3. The molecule has 0 heterocycles. The summed E-state index contributed by atoms with van der Waals surface area (Å²) in [6, 6.07) is 0. The molecule has 1 heteroatoms. The third kappa shape index (κ3) is 34.7. The van der Waals surface area contributed by atoms with Crippen molar-refractivity contribution in [2.24, 2.45) is 0 Å². The van der Waals surface area contributed by atoms with Crippen LogP contribution in [0.2, 0.25) is 0 Å². The minimum Gasteiger partial charge on any atom is -0.0864 e. The minimum absolute atomic E-state index is 1.34. The molecule has 0 saturated carbocycles. The van der Waals surface area contributed by atoms with Crippen molar-refractivity contribution in [3.05, 3.63) is 0 Å². The Morgan fingerprint density at radius 2 is 0.371 bits per heavy atom. The van der Waals surface area contributed by atoms with Crippen molar-refractivity contribution in [1.29, 1.82) is 0 Å². The molecule has 0 amide bonds. The highest BCUT2D eigenvalue weighted by Crippen LogP contribution is 2.16. The van der Waals surface area contributed by atoms with Gasteiger partial charge in [0.25, 0.3) is 0 Å². The molecule has 0 aromatic carbocycles. The first kappa shape index (κ1) is 35.7. The SMILES string of the molecule is CCCCCCCCCCCCCCCCCCCCCCCCCCCCCCCCCCI. The molecule has 0 fully saturated rings. The minimum atomic E-state index is 1.34. The lowest BCUT2D eigenvalue weighted by atomic mass is 10.0. The molecule has 212 valence electrons. The van der Waals surface area contributed by atoms with E-state index < -0.39 is 0 Å². The van der Waals surface area contributed by atoms with Gasteiger partial charge < -0.3 is 0 Å². The molecule has 0 bridgehead atoms. The zero-order valence-electron chi connectivity index (χ0n) is 24.7. The van der Waals surface area contributed by atoms with Crippen LogP contribution in [0.15, 0.2) is 0 Å². The Hall–Kier alpha value is 0.730. The number of hydrogen-bond acceptors (Lipinski definition) is 0. The molecule has 0 saturated heterocycles. The molecule has 0 aromatic rings. The topological polar surface area (TPSA) is 0 Å². The van der Waals surface area contributed by atoms with Gasteiger partial charge in [0, 0.05) is 0 Å². The molecule has 0 nitrogen and oxygen atoms in total. The van der Waals surface area contributed by atoms with Crippen LogP contribution in [0.4, 0.5) is 0 Å². The summed E-state index contributed by atoms with van der Waals surface area (Å²) in [6.45, 7) is 2.31. The molecular weight excluding hydrogens is 535 g/mol. The quantitative estimate of drug-likeness (QED) is 0.0407.